The molecule has 0 bridgehead atoms. The van der Waals surface area contributed by atoms with Crippen LogP contribution in [0, 0.1) is 0 Å². The zero-order chi connectivity index (χ0) is 15.8. The molecule has 0 aromatic heterocycles. The highest BCUT2D eigenvalue weighted by Crippen LogP contribution is 2.06. The highest BCUT2D eigenvalue weighted by molar-refractivity contribution is 5.78. The lowest BCUT2D eigenvalue weighted by molar-refractivity contribution is -0.137. The zero-order valence-corrected chi connectivity index (χ0v) is 12.7. The first-order valence-electron chi connectivity index (χ1n) is 7.08. The zero-order valence-electron chi connectivity index (χ0n) is 12.7. The van der Waals surface area contributed by atoms with E-state index in [1.54, 1.807) is 23.9 Å². The van der Waals surface area contributed by atoms with Gasteiger partial charge in [0.2, 0.25) is 5.91 Å². The fourth-order valence-electron chi connectivity index (χ4n) is 2.15. The number of carboxylic acid groups (broad SMARTS) is 1. The molecule has 0 radical (unpaired) electrons. The van der Waals surface area contributed by atoms with E-state index in [1.165, 1.54) is 0 Å². The van der Waals surface area contributed by atoms with E-state index >= 15 is 0 Å². The van der Waals surface area contributed by atoms with Crippen LogP contribution in [0.4, 0.5) is 4.79 Å². The summed E-state index contributed by atoms with van der Waals surface area (Å²) in [6, 6.07) is -0.0863. The number of rotatable bonds is 6. The molecular formula is C13H24N4O4. The second-order valence-corrected chi connectivity index (χ2v) is 5.10. The van der Waals surface area contributed by atoms with Gasteiger partial charge in [0.15, 0.2) is 0 Å². The van der Waals surface area contributed by atoms with Gasteiger partial charge in [-0.15, -0.1) is 0 Å². The summed E-state index contributed by atoms with van der Waals surface area (Å²) in [6.45, 7) is 3.44. The van der Waals surface area contributed by atoms with Crippen molar-refractivity contribution in [1.29, 1.82) is 0 Å². The fraction of sp³-hybridized carbons (Fsp3) is 0.769. The van der Waals surface area contributed by atoms with Crippen molar-refractivity contribution in [3.05, 3.63) is 0 Å². The second kappa shape index (κ2) is 8.46. The number of hydrogen-bond donors (Lipinski definition) is 2. The molecule has 8 nitrogen and oxygen atoms in total. The van der Waals surface area contributed by atoms with Gasteiger partial charge in [-0.3, -0.25) is 14.5 Å². The summed E-state index contributed by atoms with van der Waals surface area (Å²) in [5.41, 5.74) is 0. The first kappa shape index (κ1) is 17.2. The Morgan fingerprint density at radius 3 is 2.29 bits per heavy atom. The highest BCUT2D eigenvalue weighted by atomic mass is 16.4. The number of carbonyl (C=O) groups is 3. The van der Waals surface area contributed by atoms with Crippen LogP contribution >= 0.6 is 0 Å². The molecule has 1 saturated heterocycles. The fourth-order valence-corrected chi connectivity index (χ4v) is 2.15. The SMILES string of the molecule is CNC(=O)CCN(C)C(=O)N1CCN(CCC(=O)O)CC1. The van der Waals surface area contributed by atoms with Crippen LogP contribution in [0.3, 0.4) is 0 Å². The van der Waals surface area contributed by atoms with Crippen LogP contribution in [0.2, 0.25) is 0 Å². The summed E-state index contributed by atoms with van der Waals surface area (Å²) in [5.74, 6) is -0.893. The molecule has 0 spiro atoms. The number of aliphatic carboxylic acids is 1. The predicted octanol–water partition coefficient (Wildman–Crippen LogP) is -0.733. The summed E-state index contributed by atoms with van der Waals surface area (Å²) in [6.07, 6.45) is 0.414. The number of carboxylic acids is 1. The lowest BCUT2D eigenvalue weighted by atomic mass is 10.3. The van der Waals surface area contributed by atoms with Crippen LogP contribution in [-0.4, -0.2) is 91.1 Å². The van der Waals surface area contributed by atoms with Crippen molar-refractivity contribution >= 4 is 17.9 Å². The Morgan fingerprint density at radius 2 is 1.76 bits per heavy atom. The van der Waals surface area contributed by atoms with Gasteiger partial charge in [-0.2, -0.15) is 0 Å². The Bertz CT molecular complexity index is 380. The van der Waals surface area contributed by atoms with E-state index < -0.39 is 5.97 Å². The normalized spacial score (nSPS) is 15.6. The molecule has 0 aromatic rings. The number of amides is 3. The second-order valence-electron chi connectivity index (χ2n) is 5.10. The quantitative estimate of drug-likeness (QED) is 0.674. The van der Waals surface area contributed by atoms with Crippen LogP contribution in [0.15, 0.2) is 0 Å². The van der Waals surface area contributed by atoms with Crippen molar-refractivity contribution in [1.82, 2.24) is 20.0 Å². The first-order chi connectivity index (χ1) is 9.93. The van der Waals surface area contributed by atoms with E-state index in [9.17, 15) is 14.4 Å². The molecule has 2 N–H and O–H groups in total. The number of piperazine rings is 1. The maximum Gasteiger partial charge on any atom is 0.319 e. The van der Waals surface area contributed by atoms with Gasteiger partial charge in [0, 0.05) is 59.8 Å². The molecular weight excluding hydrogens is 276 g/mol. The predicted molar refractivity (Wildman–Crippen MR) is 77.0 cm³/mol. The van der Waals surface area contributed by atoms with E-state index in [-0.39, 0.29) is 24.8 Å². The van der Waals surface area contributed by atoms with E-state index in [1.807, 2.05) is 4.90 Å². The molecule has 21 heavy (non-hydrogen) atoms. The lowest BCUT2D eigenvalue weighted by Crippen LogP contribution is -2.52. The maximum absolute atomic E-state index is 12.2. The lowest BCUT2D eigenvalue weighted by Gasteiger charge is -2.36. The number of urea groups is 1. The van der Waals surface area contributed by atoms with Crippen molar-refractivity contribution in [3.63, 3.8) is 0 Å². The summed E-state index contributed by atoms with van der Waals surface area (Å²) in [4.78, 5) is 39.2. The average Bonchev–Trinajstić information content (AvgIpc) is 2.49. The molecule has 0 saturated carbocycles. The van der Waals surface area contributed by atoms with Crippen LogP contribution in [0.1, 0.15) is 12.8 Å². The Morgan fingerprint density at radius 1 is 1.14 bits per heavy atom. The number of carbonyl (C=O) groups excluding carboxylic acids is 2. The standard InChI is InChI=1S/C13H24N4O4/c1-14-11(18)3-5-15(2)13(21)17-9-7-16(8-10-17)6-4-12(19)20/h3-10H2,1-2H3,(H,14,18)(H,19,20). The number of nitrogens with zero attached hydrogens (tertiary/aromatic N) is 3. The monoisotopic (exact) mass is 300 g/mol. The van der Waals surface area contributed by atoms with Gasteiger partial charge in [-0.25, -0.2) is 4.79 Å². The van der Waals surface area contributed by atoms with Gasteiger partial charge in [0.05, 0.1) is 6.42 Å². The Balaban J connectivity index is 2.30. The number of nitrogens with one attached hydrogen (secondary N) is 1. The Labute approximate surface area is 124 Å². The van der Waals surface area contributed by atoms with E-state index in [4.69, 9.17) is 5.11 Å². The summed E-state index contributed by atoms with van der Waals surface area (Å²) >= 11 is 0. The smallest absolute Gasteiger partial charge is 0.319 e. The largest absolute Gasteiger partial charge is 0.481 e. The molecule has 1 fully saturated rings. The summed E-state index contributed by atoms with van der Waals surface area (Å²) in [7, 11) is 3.25. The van der Waals surface area contributed by atoms with Crippen LogP contribution < -0.4 is 5.32 Å². The molecule has 1 heterocycles. The Kier molecular flexibility index (Phi) is 6.93. The molecule has 3 amide bonds. The molecule has 0 unspecified atom stereocenters. The van der Waals surface area contributed by atoms with Crippen molar-refractivity contribution in [2.45, 2.75) is 12.8 Å². The molecule has 1 aliphatic heterocycles. The van der Waals surface area contributed by atoms with E-state index in [2.05, 4.69) is 5.32 Å². The summed E-state index contributed by atoms with van der Waals surface area (Å²) in [5, 5.41) is 11.2. The third-order valence-electron chi connectivity index (χ3n) is 3.56. The highest BCUT2D eigenvalue weighted by Gasteiger charge is 2.23. The topological polar surface area (TPSA) is 93.2 Å². The van der Waals surface area contributed by atoms with Crippen LogP contribution in [-0.2, 0) is 9.59 Å². The average molecular weight is 300 g/mol. The molecule has 120 valence electrons. The molecule has 0 atom stereocenters. The minimum Gasteiger partial charge on any atom is -0.481 e. The Hall–Kier alpha value is -1.83. The third-order valence-corrected chi connectivity index (χ3v) is 3.56. The van der Waals surface area contributed by atoms with E-state index in [0.717, 1.165) is 0 Å². The van der Waals surface area contributed by atoms with Crippen LogP contribution in [0.5, 0.6) is 0 Å². The number of hydrogen-bond acceptors (Lipinski definition) is 4. The van der Waals surface area contributed by atoms with Gasteiger partial charge in [0.25, 0.3) is 0 Å². The minimum absolute atomic E-state index is 0.0863. The molecule has 1 rings (SSSR count). The van der Waals surface area contributed by atoms with Crippen molar-refractivity contribution in [2.24, 2.45) is 0 Å². The van der Waals surface area contributed by atoms with Crippen LogP contribution in [0.25, 0.3) is 0 Å². The van der Waals surface area contributed by atoms with Gasteiger partial charge in [0.1, 0.15) is 0 Å². The van der Waals surface area contributed by atoms with Gasteiger partial charge < -0.3 is 20.2 Å². The minimum atomic E-state index is -0.803. The van der Waals surface area contributed by atoms with Gasteiger partial charge >= 0.3 is 12.0 Å². The molecule has 0 aliphatic carbocycles. The molecule has 0 aromatic carbocycles. The van der Waals surface area contributed by atoms with Crippen molar-refractivity contribution in [2.75, 3.05) is 53.4 Å². The molecule has 1 aliphatic rings. The molecule has 8 heteroatoms. The van der Waals surface area contributed by atoms with Gasteiger partial charge in [-0.1, -0.05) is 0 Å². The van der Waals surface area contributed by atoms with Gasteiger partial charge in [-0.05, 0) is 0 Å². The first-order valence-corrected chi connectivity index (χ1v) is 7.08. The maximum atomic E-state index is 12.2. The third kappa shape index (κ3) is 5.99. The van der Waals surface area contributed by atoms with Crippen molar-refractivity contribution in [3.8, 4) is 0 Å². The summed E-state index contributed by atoms with van der Waals surface area (Å²) < 4.78 is 0. The van der Waals surface area contributed by atoms with Crippen molar-refractivity contribution < 1.29 is 19.5 Å². The van der Waals surface area contributed by atoms with E-state index in [0.29, 0.717) is 39.3 Å².